The van der Waals surface area contributed by atoms with Crippen molar-refractivity contribution in [2.75, 3.05) is 6.61 Å². The first-order chi connectivity index (χ1) is 7.97. The normalized spacial score (nSPS) is 40.2. The summed E-state index contributed by atoms with van der Waals surface area (Å²) in [4.78, 5) is 0. The minimum absolute atomic E-state index is 0.384. The third kappa shape index (κ3) is 3.89. The number of hydrogen-bond donors (Lipinski definition) is 3. The first-order valence-electron chi connectivity index (χ1n) is 6.28. The second-order valence-electron chi connectivity index (χ2n) is 4.91. The lowest BCUT2D eigenvalue weighted by atomic mass is 10.00. The van der Waals surface area contributed by atoms with Crippen molar-refractivity contribution in [3.63, 3.8) is 0 Å². The molecule has 0 saturated carbocycles. The number of aliphatic hydroxyl groups excluding tert-OH is 3. The van der Waals surface area contributed by atoms with E-state index in [-0.39, 0.29) is 0 Å². The summed E-state index contributed by atoms with van der Waals surface area (Å²) < 4.78 is 10.8. The lowest BCUT2D eigenvalue weighted by Gasteiger charge is -2.39. The summed E-state index contributed by atoms with van der Waals surface area (Å²) in [6.45, 7) is 6.29. The Hall–Kier alpha value is -0.200. The molecule has 0 spiro atoms. The highest BCUT2D eigenvalue weighted by Gasteiger charge is 2.42. The summed E-state index contributed by atoms with van der Waals surface area (Å²) in [5.41, 5.74) is 0. The van der Waals surface area contributed by atoms with E-state index in [2.05, 4.69) is 13.8 Å². The summed E-state index contributed by atoms with van der Waals surface area (Å²) in [5.74, 6) is 0.384. The Morgan fingerprint density at radius 2 is 1.82 bits per heavy atom. The van der Waals surface area contributed by atoms with Crippen molar-refractivity contribution in [3.8, 4) is 0 Å². The van der Waals surface area contributed by atoms with Gasteiger partial charge in [0.15, 0.2) is 6.29 Å². The number of ether oxygens (including phenoxy) is 2. The molecule has 6 unspecified atom stereocenters. The van der Waals surface area contributed by atoms with Gasteiger partial charge < -0.3 is 24.8 Å². The first-order valence-corrected chi connectivity index (χ1v) is 6.28. The van der Waals surface area contributed by atoms with Gasteiger partial charge in [-0.3, -0.25) is 0 Å². The van der Waals surface area contributed by atoms with Gasteiger partial charge in [0.1, 0.15) is 18.3 Å². The third-order valence-corrected chi connectivity index (χ3v) is 3.13. The molecular weight excluding hydrogens is 224 g/mol. The molecule has 1 aliphatic rings. The average Bonchev–Trinajstić information content (AvgIpc) is 2.30. The fourth-order valence-corrected chi connectivity index (χ4v) is 1.99. The van der Waals surface area contributed by atoms with Crippen molar-refractivity contribution in [1.29, 1.82) is 0 Å². The monoisotopic (exact) mass is 248 g/mol. The lowest BCUT2D eigenvalue weighted by molar-refractivity contribution is -0.295. The van der Waals surface area contributed by atoms with Crippen molar-refractivity contribution in [2.24, 2.45) is 5.92 Å². The Labute approximate surface area is 102 Å². The topological polar surface area (TPSA) is 79.2 Å². The predicted molar refractivity (Wildman–Crippen MR) is 62.4 cm³/mol. The van der Waals surface area contributed by atoms with Crippen LogP contribution in [0.5, 0.6) is 0 Å². The fraction of sp³-hybridized carbons (Fsp3) is 1.00. The molecule has 1 saturated heterocycles. The van der Waals surface area contributed by atoms with Crippen LogP contribution in [0.15, 0.2) is 0 Å². The number of aliphatic hydroxyl groups is 3. The summed E-state index contributed by atoms with van der Waals surface area (Å²) in [6, 6.07) is 0. The maximum Gasteiger partial charge on any atom is 0.186 e. The van der Waals surface area contributed by atoms with Gasteiger partial charge in [-0.15, -0.1) is 0 Å². The van der Waals surface area contributed by atoms with E-state index in [9.17, 15) is 15.3 Å². The summed E-state index contributed by atoms with van der Waals surface area (Å²) >= 11 is 0. The maximum absolute atomic E-state index is 9.71. The summed E-state index contributed by atoms with van der Waals surface area (Å²) in [7, 11) is 0. The molecule has 5 nitrogen and oxygen atoms in total. The molecule has 0 aromatic heterocycles. The maximum atomic E-state index is 9.71. The number of rotatable bonds is 5. The second-order valence-corrected chi connectivity index (χ2v) is 4.91. The molecule has 102 valence electrons. The zero-order valence-corrected chi connectivity index (χ0v) is 10.7. The van der Waals surface area contributed by atoms with Gasteiger partial charge in [0.05, 0.1) is 12.7 Å². The van der Waals surface area contributed by atoms with Crippen LogP contribution in [0.1, 0.15) is 33.6 Å². The molecule has 0 aromatic rings. The van der Waals surface area contributed by atoms with Crippen LogP contribution >= 0.6 is 0 Å². The van der Waals surface area contributed by atoms with Crippen molar-refractivity contribution in [3.05, 3.63) is 0 Å². The van der Waals surface area contributed by atoms with E-state index in [1.54, 1.807) is 6.92 Å². The van der Waals surface area contributed by atoms with Crippen LogP contribution in [0.25, 0.3) is 0 Å². The molecule has 6 atom stereocenters. The van der Waals surface area contributed by atoms with Gasteiger partial charge in [-0.1, -0.05) is 20.3 Å². The molecule has 0 amide bonds. The quantitative estimate of drug-likeness (QED) is 0.650. The van der Waals surface area contributed by atoms with Crippen LogP contribution in [0.2, 0.25) is 0 Å². The van der Waals surface area contributed by atoms with Crippen molar-refractivity contribution < 1.29 is 24.8 Å². The van der Waals surface area contributed by atoms with E-state index in [0.717, 1.165) is 12.8 Å². The van der Waals surface area contributed by atoms with Gasteiger partial charge >= 0.3 is 0 Å². The zero-order valence-electron chi connectivity index (χ0n) is 10.7. The largest absolute Gasteiger partial charge is 0.388 e. The van der Waals surface area contributed by atoms with Crippen molar-refractivity contribution >= 4 is 0 Å². The van der Waals surface area contributed by atoms with Crippen LogP contribution < -0.4 is 0 Å². The van der Waals surface area contributed by atoms with E-state index in [1.807, 2.05) is 0 Å². The fourth-order valence-electron chi connectivity index (χ4n) is 1.99. The van der Waals surface area contributed by atoms with Crippen molar-refractivity contribution in [2.45, 2.75) is 64.3 Å². The molecule has 1 fully saturated rings. The lowest BCUT2D eigenvalue weighted by Crippen LogP contribution is -2.57. The van der Waals surface area contributed by atoms with E-state index >= 15 is 0 Å². The molecule has 0 bridgehead atoms. The van der Waals surface area contributed by atoms with E-state index < -0.39 is 30.7 Å². The Kier molecular flexibility index (Phi) is 5.82. The minimum Gasteiger partial charge on any atom is -0.388 e. The second kappa shape index (κ2) is 6.66. The Morgan fingerprint density at radius 1 is 1.18 bits per heavy atom. The molecule has 0 aromatic carbocycles. The minimum atomic E-state index is -1.22. The smallest absolute Gasteiger partial charge is 0.186 e. The van der Waals surface area contributed by atoms with Crippen LogP contribution in [0.3, 0.4) is 0 Å². The van der Waals surface area contributed by atoms with Gasteiger partial charge in [-0.25, -0.2) is 0 Å². The molecule has 1 heterocycles. The summed E-state index contributed by atoms with van der Waals surface area (Å²) in [5, 5.41) is 28.8. The summed E-state index contributed by atoms with van der Waals surface area (Å²) in [6.07, 6.45) is -2.76. The zero-order chi connectivity index (χ0) is 13.0. The van der Waals surface area contributed by atoms with Crippen molar-refractivity contribution in [1.82, 2.24) is 0 Å². The van der Waals surface area contributed by atoms with E-state index in [0.29, 0.717) is 12.5 Å². The molecule has 17 heavy (non-hydrogen) atoms. The Morgan fingerprint density at radius 3 is 2.41 bits per heavy atom. The number of hydrogen-bond acceptors (Lipinski definition) is 5. The molecule has 0 radical (unpaired) electrons. The van der Waals surface area contributed by atoms with E-state index in [4.69, 9.17) is 9.47 Å². The average molecular weight is 248 g/mol. The predicted octanol–water partition coefficient (Wildman–Crippen LogP) is 0.267. The van der Waals surface area contributed by atoms with Crippen LogP contribution in [-0.2, 0) is 9.47 Å². The van der Waals surface area contributed by atoms with Gasteiger partial charge in [-0.05, 0) is 19.3 Å². The third-order valence-electron chi connectivity index (χ3n) is 3.13. The van der Waals surface area contributed by atoms with Crippen LogP contribution in [0.4, 0.5) is 0 Å². The molecule has 1 rings (SSSR count). The standard InChI is InChI=1S/C12H24O5/c1-4-5-7(2)6-16-12-11(15)10(14)9(13)8(3)17-12/h7-15H,4-6H2,1-3H3. The Balaban J connectivity index is 2.42. The molecule has 3 N–H and O–H groups in total. The Bertz CT molecular complexity index is 223. The molecule has 5 heteroatoms. The van der Waals surface area contributed by atoms with Gasteiger partial charge in [0.2, 0.25) is 0 Å². The van der Waals surface area contributed by atoms with E-state index in [1.165, 1.54) is 0 Å². The SMILES string of the molecule is CCCC(C)COC1OC(C)C(O)C(O)C1O. The van der Waals surface area contributed by atoms with Gasteiger partial charge in [0, 0.05) is 0 Å². The van der Waals surface area contributed by atoms with Crippen LogP contribution in [-0.4, -0.2) is 52.6 Å². The molecular formula is C12H24O5. The molecule has 1 aliphatic heterocycles. The first kappa shape index (κ1) is 14.9. The van der Waals surface area contributed by atoms with Gasteiger partial charge in [-0.2, -0.15) is 0 Å². The highest BCUT2D eigenvalue weighted by molar-refractivity contribution is 4.87. The van der Waals surface area contributed by atoms with Crippen LogP contribution in [0, 0.1) is 5.92 Å². The highest BCUT2D eigenvalue weighted by Crippen LogP contribution is 2.22. The highest BCUT2D eigenvalue weighted by atomic mass is 16.7. The molecule has 0 aliphatic carbocycles. The van der Waals surface area contributed by atoms with Gasteiger partial charge in [0.25, 0.3) is 0 Å².